The van der Waals surface area contributed by atoms with Crippen molar-refractivity contribution >= 4 is 5.69 Å². The van der Waals surface area contributed by atoms with Crippen LogP contribution in [0.25, 0.3) is 0 Å². The van der Waals surface area contributed by atoms with Gasteiger partial charge in [-0.2, -0.15) is 0 Å². The van der Waals surface area contributed by atoms with E-state index >= 15 is 0 Å². The number of nitrogen functional groups attached to an aromatic ring is 1. The van der Waals surface area contributed by atoms with Gasteiger partial charge in [-0.15, -0.1) is 0 Å². The third-order valence-electron chi connectivity index (χ3n) is 1.94. The molecule has 0 aliphatic heterocycles. The summed E-state index contributed by atoms with van der Waals surface area (Å²) in [6.45, 7) is 3.95. The van der Waals surface area contributed by atoms with Crippen molar-refractivity contribution in [3.63, 3.8) is 0 Å². The third kappa shape index (κ3) is 4.27. The lowest BCUT2D eigenvalue weighted by Gasteiger charge is -2.07. The summed E-state index contributed by atoms with van der Waals surface area (Å²) in [6, 6.07) is 4.26. The summed E-state index contributed by atoms with van der Waals surface area (Å²) in [5, 5.41) is 0. The largest absolute Gasteiger partial charge is 0.398 e. The standard InChI is InChI=1S/C11H16FNO2/c1-2-14-5-6-15-8-9-7-10(12)3-4-11(9)13/h3-4,7H,2,5-6,8,13H2,1H3. The number of hydrogen-bond acceptors (Lipinski definition) is 3. The van der Waals surface area contributed by atoms with Gasteiger partial charge in [0.15, 0.2) is 0 Å². The van der Waals surface area contributed by atoms with Gasteiger partial charge in [0.1, 0.15) is 5.82 Å². The molecular formula is C11H16FNO2. The fourth-order valence-corrected chi connectivity index (χ4v) is 1.14. The van der Waals surface area contributed by atoms with E-state index in [9.17, 15) is 4.39 Å². The van der Waals surface area contributed by atoms with Crippen LogP contribution >= 0.6 is 0 Å². The van der Waals surface area contributed by atoms with Crippen LogP contribution in [0.2, 0.25) is 0 Å². The van der Waals surface area contributed by atoms with Crippen LogP contribution in [0.1, 0.15) is 12.5 Å². The highest BCUT2D eigenvalue weighted by atomic mass is 19.1. The highest BCUT2D eigenvalue weighted by Gasteiger charge is 2.00. The normalized spacial score (nSPS) is 10.5. The number of halogens is 1. The van der Waals surface area contributed by atoms with Gasteiger partial charge in [0.25, 0.3) is 0 Å². The molecule has 3 nitrogen and oxygen atoms in total. The number of hydrogen-bond donors (Lipinski definition) is 1. The van der Waals surface area contributed by atoms with Crippen molar-refractivity contribution in [2.45, 2.75) is 13.5 Å². The molecule has 0 spiro atoms. The van der Waals surface area contributed by atoms with Crippen LogP contribution in [0.5, 0.6) is 0 Å². The maximum Gasteiger partial charge on any atom is 0.123 e. The van der Waals surface area contributed by atoms with Crippen LogP contribution in [0.15, 0.2) is 18.2 Å². The molecule has 1 aromatic rings. The topological polar surface area (TPSA) is 44.5 Å². The van der Waals surface area contributed by atoms with Crippen molar-refractivity contribution < 1.29 is 13.9 Å². The molecule has 0 aliphatic carbocycles. The number of ether oxygens (including phenoxy) is 2. The summed E-state index contributed by atoms with van der Waals surface area (Å²) in [6.07, 6.45) is 0. The second-order valence-corrected chi connectivity index (χ2v) is 3.09. The second kappa shape index (κ2) is 6.37. The monoisotopic (exact) mass is 213 g/mol. The average Bonchev–Trinajstić information content (AvgIpc) is 2.23. The number of nitrogens with two attached hydrogens (primary N) is 1. The summed E-state index contributed by atoms with van der Waals surface area (Å²) in [4.78, 5) is 0. The quantitative estimate of drug-likeness (QED) is 0.580. The first kappa shape index (κ1) is 11.9. The number of benzene rings is 1. The van der Waals surface area contributed by atoms with Gasteiger partial charge in [-0.05, 0) is 25.1 Å². The molecule has 4 heteroatoms. The molecule has 0 bridgehead atoms. The number of anilines is 1. The van der Waals surface area contributed by atoms with Crippen molar-refractivity contribution in [3.8, 4) is 0 Å². The lowest BCUT2D eigenvalue weighted by molar-refractivity contribution is 0.0454. The van der Waals surface area contributed by atoms with Crippen molar-refractivity contribution in [3.05, 3.63) is 29.6 Å². The lowest BCUT2D eigenvalue weighted by atomic mass is 10.2. The van der Waals surface area contributed by atoms with Crippen LogP contribution in [-0.4, -0.2) is 19.8 Å². The maximum atomic E-state index is 12.8. The second-order valence-electron chi connectivity index (χ2n) is 3.09. The summed E-state index contributed by atoms with van der Waals surface area (Å²) < 4.78 is 23.2. The van der Waals surface area contributed by atoms with E-state index in [-0.39, 0.29) is 5.82 Å². The minimum atomic E-state index is -0.299. The molecule has 0 aromatic heterocycles. The van der Waals surface area contributed by atoms with Gasteiger partial charge in [0.2, 0.25) is 0 Å². The van der Waals surface area contributed by atoms with Crippen LogP contribution in [0.4, 0.5) is 10.1 Å². The average molecular weight is 213 g/mol. The Kier molecular flexibility index (Phi) is 5.07. The van der Waals surface area contributed by atoms with Gasteiger partial charge >= 0.3 is 0 Å². The highest BCUT2D eigenvalue weighted by Crippen LogP contribution is 2.14. The molecular weight excluding hydrogens is 197 g/mol. The minimum Gasteiger partial charge on any atom is -0.398 e. The fraction of sp³-hybridized carbons (Fsp3) is 0.455. The van der Waals surface area contributed by atoms with Gasteiger partial charge in [-0.25, -0.2) is 4.39 Å². The molecule has 0 saturated carbocycles. The molecule has 84 valence electrons. The Morgan fingerprint density at radius 2 is 2.00 bits per heavy atom. The van der Waals surface area contributed by atoms with E-state index in [0.717, 1.165) is 0 Å². The predicted octanol–water partition coefficient (Wildman–Crippen LogP) is 1.96. The zero-order chi connectivity index (χ0) is 11.1. The molecule has 0 unspecified atom stereocenters. The molecule has 15 heavy (non-hydrogen) atoms. The zero-order valence-electron chi connectivity index (χ0n) is 8.83. The maximum absolute atomic E-state index is 12.8. The van der Waals surface area contributed by atoms with Crippen molar-refractivity contribution in [2.75, 3.05) is 25.6 Å². The summed E-state index contributed by atoms with van der Waals surface area (Å²) in [5.41, 5.74) is 6.87. The molecule has 1 aromatic carbocycles. The first-order valence-electron chi connectivity index (χ1n) is 4.93. The van der Waals surface area contributed by atoms with Crippen LogP contribution in [-0.2, 0) is 16.1 Å². The Hall–Kier alpha value is -1.13. The molecule has 1 rings (SSSR count). The summed E-state index contributed by atoms with van der Waals surface area (Å²) in [7, 11) is 0. The molecule has 2 N–H and O–H groups in total. The van der Waals surface area contributed by atoms with Crippen LogP contribution < -0.4 is 5.73 Å². The van der Waals surface area contributed by atoms with Gasteiger partial charge in [-0.3, -0.25) is 0 Å². The Morgan fingerprint density at radius 3 is 2.73 bits per heavy atom. The van der Waals surface area contributed by atoms with E-state index in [1.165, 1.54) is 18.2 Å². The molecule has 0 atom stereocenters. The Labute approximate surface area is 89.0 Å². The number of rotatable bonds is 6. The molecule has 0 fully saturated rings. The van der Waals surface area contributed by atoms with Crippen LogP contribution in [0.3, 0.4) is 0 Å². The first-order valence-corrected chi connectivity index (χ1v) is 4.93. The fourth-order valence-electron chi connectivity index (χ4n) is 1.14. The lowest BCUT2D eigenvalue weighted by Crippen LogP contribution is -2.05. The summed E-state index contributed by atoms with van der Waals surface area (Å²) in [5.74, 6) is -0.299. The first-order chi connectivity index (χ1) is 7.24. The van der Waals surface area contributed by atoms with Crippen molar-refractivity contribution in [1.82, 2.24) is 0 Å². The van der Waals surface area contributed by atoms with E-state index in [2.05, 4.69) is 0 Å². The van der Waals surface area contributed by atoms with E-state index in [4.69, 9.17) is 15.2 Å². The Morgan fingerprint density at radius 1 is 1.27 bits per heavy atom. The van der Waals surface area contributed by atoms with Gasteiger partial charge < -0.3 is 15.2 Å². The van der Waals surface area contributed by atoms with Crippen molar-refractivity contribution in [1.29, 1.82) is 0 Å². The Balaban J connectivity index is 2.33. The molecule has 0 saturated heterocycles. The van der Waals surface area contributed by atoms with Gasteiger partial charge in [-0.1, -0.05) is 0 Å². The smallest absolute Gasteiger partial charge is 0.123 e. The van der Waals surface area contributed by atoms with Crippen LogP contribution in [0, 0.1) is 5.82 Å². The third-order valence-corrected chi connectivity index (χ3v) is 1.94. The molecule has 0 amide bonds. The molecule has 0 heterocycles. The molecule has 0 aliphatic rings. The van der Waals surface area contributed by atoms with E-state index in [1.54, 1.807) is 0 Å². The minimum absolute atomic E-state index is 0.299. The van der Waals surface area contributed by atoms with Gasteiger partial charge in [0.05, 0.1) is 19.8 Å². The Bertz CT molecular complexity index is 305. The predicted molar refractivity (Wildman–Crippen MR) is 57.0 cm³/mol. The molecule has 0 radical (unpaired) electrons. The zero-order valence-corrected chi connectivity index (χ0v) is 8.83. The van der Waals surface area contributed by atoms with Gasteiger partial charge in [0, 0.05) is 17.9 Å². The SMILES string of the molecule is CCOCCOCc1cc(F)ccc1N. The van der Waals surface area contributed by atoms with Crippen molar-refractivity contribution in [2.24, 2.45) is 0 Å². The van der Waals surface area contributed by atoms with E-state index in [1.807, 2.05) is 6.92 Å². The van der Waals surface area contributed by atoms with E-state index < -0.39 is 0 Å². The highest BCUT2D eigenvalue weighted by molar-refractivity contribution is 5.46. The van der Waals surface area contributed by atoms with E-state index in [0.29, 0.717) is 37.7 Å². The summed E-state index contributed by atoms with van der Waals surface area (Å²) >= 11 is 0.